The molecule has 0 bridgehead atoms. The topological polar surface area (TPSA) is 119 Å². The number of nitrogens with one attached hydrogen (secondary N) is 2. The predicted octanol–water partition coefficient (Wildman–Crippen LogP) is 1.42. The first kappa shape index (κ1) is 16.5. The fourth-order valence-electron chi connectivity index (χ4n) is 2.57. The molecule has 2 N–H and O–H groups in total. The fourth-order valence-corrected chi connectivity index (χ4v) is 2.57. The molecule has 0 aliphatic rings. The number of rotatable bonds is 5. The van der Waals surface area contributed by atoms with Crippen LogP contribution in [0.5, 0.6) is 11.5 Å². The first-order chi connectivity index (χ1) is 12.0. The van der Waals surface area contributed by atoms with Gasteiger partial charge in [0.25, 0.3) is 0 Å². The molecular formula is C16H16N4O5. The van der Waals surface area contributed by atoms with Crippen molar-refractivity contribution in [1.29, 1.82) is 0 Å². The van der Waals surface area contributed by atoms with Gasteiger partial charge >= 0.3 is 5.63 Å². The van der Waals surface area contributed by atoms with Gasteiger partial charge in [-0.05, 0) is 12.5 Å². The van der Waals surface area contributed by atoms with E-state index in [1.165, 1.54) is 20.5 Å². The summed E-state index contributed by atoms with van der Waals surface area (Å²) in [6.07, 6.45) is 1.10. The number of aromatic amines is 1. The number of anilines is 1. The number of methoxy groups -OCH3 is 2. The Balaban J connectivity index is 2.04. The molecule has 0 unspecified atom stereocenters. The summed E-state index contributed by atoms with van der Waals surface area (Å²) in [5.74, 6) is 0.782. The second-order valence-corrected chi connectivity index (χ2v) is 5.25. The summed E-state index contributed by atoms with van der Waals surface area (Å²) in [4.78, 5) is 28.3. The zero-order valence-corrected chi connectivity index (χ0v) is 13.9. The van der Waals surface area contributed by atoms with Crippen LogP contribution in [-0.4, -0.2) is 35.3 Å². The molecule has 25 heavy (non-hydrogen) atoms. The Labute approximate surface area is 142 Å². The molecule has 0 radical (unpaired) electrons. The molecular weight excluding hydrogens is 328 g/mol. The quantitative estimate of drug-likeness (QED) is 0.672. The molecule has 1 aromatic carbocycles. The Morgan fingerprint density at radius 2 is 2.12 bits per heavy atom. The van der Waals surface area contributed by atoms with Crippen molar-refractivity contribution >= 4 is 22.8 Å². The average Bonchev–Trinajstić information content (AvgIpc) is 3.10. The van der Waals surface area contributed by atoms with Crippen LogP contribution in [0.4, 0.5) is 5.95 Å². The minimum atomic E-state index is -0.590. The standard InChI is InChI=1S/C16H16N4O5/c1-8-10(6-13(21)19-16-17-7-18-20-16)15(22)25-12-5-9(23-2)4-11(24-3)14(8)12/h4-5,7H,6H2,1-3H3,(H2,17,18,19,20,21). The van der Waals surface area contributed by atoms with Crippen LogP contribution < -0.4 is 20.4 Å². The number of amides is 1. The minimum absolute atomic E-state index is 0.167. The van der Waals surface area contributed by atoms with Crippen molar-refractivity contribution in [3.05, 3.63) is 40.0 Å². The molecule has 0 saturated carbocycles. The van der Waals surface area contributed by atoms with Gasteiger partial charge in [0.2, 0.25) is 11.9 Å². The van der Waals surface area contributed by atoms with Crippen LogP contribution in [0.15, 0.2) is 27.7 Å². The Morgan fingerprint density at radius 1 is 1.32 bits per heavy atom. The van der Waals surface area contributed by atoms with Crippen molar-refractivity contribution in [2.24, 2.45) is 0 Å². The highest BCUT2D eigenvalue weighted by atomic mass is 16.5. The Bertz CT molecular complexity index is 978. The van der Waals surface area contributed by atoms with Gasteiger partial charge in [0.05, 0.1) is 31.6 Å². The van der Waals surface area contributed by atoms with E-state index >= 15 is 0 Å². The third-order valence-electron chi connectivity index (χ3n) is 3.78. The molecule has 9 heteroatoms. The fraction of sp³-hybridized carbons (Fsp3) is 0.250. The van der Waals surface area contributed by atoms with Crippen LogP contribution in [0.3, 0.4) is 0 Å². The van der Waals surface area contributed by atoms with Gasteiger partial charge in [-0.25, -0.2) is 9.89 Å². The maximum absolute atomic E-state index is 12.3. The van der Waals surface area contributed by atoms with E-state index in [0.29, 0.717) is 28.0 Å². The lowest BCUT2D eigenvalue weighted by atomic mass is 10.0. The summed E-state index contributed by atoms with van der Waals surface area (Å²) in [6.45, 7) is 1.74. The highest BCUT2D eigenvalue weighted by Gasteiger charge is 2.19. The van der Waals surface area contributed by atoms with E-state index in [-0.39, 0.29) is 17.9 Å². The number of aryl methyl sites for hydroxylation is 1. The molecule has 3 aromatic rings. The van der Waals surface area contributed by atoms with Crippen molar-refractivity contribution < 1.29 is 18.7 Å². The number of carbonyl (C=O) groups is 1. The van der Waals surface area contributed by atoms with Crippen molar-refractivity contribution in [2.75, 3.05) is 19.5 Å². The van der Waals surface area contributed by atoms with Gasteiger partial charge in [0.15, 0.2) is 0 Å². The molecule has 0 fully saturated rings. The van der Waals surface area contributed by atoms with E-state index in [1.807, 2.05) is 0 Å². The number of ether oxygens (including phenoxy) is 2. The lowest BCUT2D eigenvalue weighted by molar-refractivity contribution is -0.115. The molecule has 9 nitrogen and oxygen atoms in total. The van der Waals surface area contributed by atoms with Crippen LogP contribution in [0.25, 0.3) is 11.0 Å². The third kappa shape index (κ3) is 3.16. The monoisotopic (exact) mass is 344 g/mol. The number of nitrogens with zero attached hydrogens (tertiary/aromatic N) is 2. The van der Waals surface area contributed by atoms with Gasteiger partial charge in [0.1, 0.15) is 23.4 Å². The van der Waals surface area contributed by atoms with Crippen LogP contribution in [0, 0.1) is 6.92 Å². The molecule has 0 aliphatic heterocycles. The van der Waals surface area contributed by atoms with E-state index in [4.69, 9.17) is 13.9 Å². The van der Waals surface area contributed by atoms with E-state index in [9.17, 15) is 9.59 Å². The third-order valence-corrected chi connectivity index (χ3v) is 3.78. The van der Waals surface area contributed by atoms with E-state index in [0.717, 1.165) is 0 Å². The SMILES string of the molecule is COc1cc(OC)c2c(C)c(CC(=O)Nc3ncn[nH]3)c(=O)oc2c1. The van der Waals surface area contributed by atoms with Gasteiger partial charge in [0, 0.05) is 12.1 Å². The first-order valence-electron chi connectivity index (χ1n) is 7.37. The highest BCUT2D eigenvalue weighted by Crippen LogP contribution is 2.33. The smallest absolute Gasteiger partial charge is 0.340 e. The van der Waals surface area contributed by atoms with Crippen LogP contribution >= 0.6 is 0 Å². The van der Waals surface area contributed by atoms with E-state index in [1.54, 1.807) is 19.1 Å². The maximum atomic E-state index is 12.3. The minimum Gasteiger partial charge on any atom is -0.496 e. The Morgan fingerprint density at radius 3 is 2.76 bits per heavy atom. The van der Waals surface area contributed by atoms with Gasteiger partial charge in [-0.2, -0.15) is 10.1 Å². The van der Waals surface area contributed by atoms with Crippen molar-refractivity contribution in [2.45, 2.75) is 13.3 Å². The van der Waals surface area contributed by atoms with Gasteiger partial charge in [-0.15, -0.1) is 0 Å². The first-order valence-corrected chi connectivity index (χ1v) is 7.37. The summed E-state index contributed by atoms with van der Waals surface area (Å²) < 4.78 is 15.9. The molecule has 2 aromatic heterocycles. The molecule has 2 heterocycles. The van der Waals surface area contributed by atoms with Crippen molar-refractivity contribution in [3.63, 3.8) is 0 Å². The summed E-state index contributed by atoms with van der Waals surface area (Å²) in [5, 5.41) is 9.29. The summed E-state index contributed by atoms with van der Waals surface area (Å²) >= 11 is 0. The normalized spacial score (nSPS) is 10.7. The van der Waals surface area contributed by atoms with Gasteiger partial charge in [-0.3, -0.25) is 10.1 Å². The second kappa shape index (κ2) is 6.63. The molecule has 0 aliphatic carbocycles. The van der Waals surface area contributed by atoms with Crippen LogP contribution in [0.2, 0.25) is 0 Å². The number of benzene rings is 1. The zero-order chi connectivity index (χ0) is 18.0. The summed E-state index contributed by atoms with van der Waals surface area (Å²) in [7, 11) is 3.02. The molecule has 0 spiro atoms. The van der Waals surface area contributed by atoms with Crippen LogP contribution in [0.1, 0.15) is 11.1 Å². The number of aromatic nitrogens is 3. The largest absolute Gasteiger partial charge is 0.496 e. The predicted molar refractivity (Wildman–Crippen MR) is 89.0 cm³/mol. The van der Waals surface area contributed by atoms with Crippen molar-refractivity contribution in [1.82, 2.24) is 15.2 Å². The molecule has 1 amide bonds. The summed E-state index contributed by atoms with van der Waals surface area (Å²) in [6, 6.07) is 3.29. The Hall–Kier alpha value is -3.36. The van der Waals surface area contributed by atoms with E-state index in [2.05, 4.69) is 20.5 Å². The van der Waals surface area contributed by atoms with Crippen molar-refractivity contribution in [3.8, 4) is 11.5 Å². The Kier molecular flexibility index (Phi) is 4.38. The summed E-state index contributed by atoms with van der Waals surface area (Å²) in [5.41, 5.74) is 0.595. The lowest BCUT2D eigenvalue weighted by Crippen LogP contribution is -2.21. The van der Waals surface area contributed by atoms with Gasteiger partial charge in [-0.1, -0.05) is 0 Å². The zero-order valence-electron chi connectivity index (χ0n) is 13.9. The molecule has 130 valence electrons. The number of fused-ring (bicyclic) bond motifs is 1. The number of hydrogen-bond acceptors (Lipinski definition) is 7. The van der Waals surface area contributed by atoms with Crippen LogP contribution in [-0.2, 0) is 11.2 Å². The molecule has 0 saturated heterocycles. The molecule has 0 atom stereocenters. The number of H-pyrrole nitrogens is 1. The number of carbonyl (C=O) groups excluding carboxylic acids is 1. The lowest BCUT2D eigenvalue weighted by Gasteiger charge is -2.12. The maximum Gasteiger partial charge on any atom is 0.340 e. The number of hydrogen-bond donors (Lipinski definition) is 2. The van der Waals surface area contributed by atoms with Gasteiger partial charge < -0.3 is 13.9 Å². The molecule has 3 rings (SSSR count). The van der Waals surface area contributed by atoms with E-state index < -0.39 is 11.5 Å². The second-order valence-electron chi connectivity index (χ2n) is 5.25. The average molecular weight is 344 g/mol. The highest BCUT2D eigenvalue weighted by molar-refractivity contribution is 5.93.